The molecule has 0 saturated carbocycles. The van der Waals surface area contributed by atoms with Crippen LogP contribution in [0.5, 0.6) is 0 Å². The van der Waals surface area contributed by atoms with E-state index in [1.807, 2.05) is 0 Å². The second-order valence-corrected chi connectivity index (χ2v) is 2.98. The second kappa shape index (κ2) is 4.81. The van der Waals surface area contributed by atoms with Crippen LogP contribution in [0.15, 0.2) is 18.7 Å². The van der Waals surface area contributed by atoms with Gasteiger partial charge in [0.2, 0.25) is 0 Å². The smallest absolute Gasteiger partial charge is 0.163 e. The summed E-state index contributed by atoms with van der Waals surface area (Å²) in [7, 11) is 1.64. The van der Waals surface area contributed by atoms with Crippen molar-refractivity contribution < 1.29 is 9.47 Å². The van der Waals surface area contributed by atoms with Crippen LogP contribution < -0.4 is 0 Å². The largest absolute Gasteiger partial charge is 0.382 e. The summed E-state index contributed by atoms with van der Waals surface area (Å²) in [6.45, 7) is 1.50. The Morgan fingerprint density at radius 2 is 2.27 bits per heavy atom. The minimum Gasteiger partial charge on any atom is -0.382 e. The number of nitrogens with zero attached hydrogens (tertiary/aromatic N) is 4. The van der Waals surface area contributed by atoms with Gasteiger partial charge in [0, 0.05) is 13.3 Å². The van der Waals surface area contributed by atoms with E-state index in [2.05, 4.69) is 15.1 Å². The van der Waals surface area contributed by atoms with Crippen LogP contribution in [0.4, 0.5) is 0 Å². The molecule has 0 amide bonds. The minimum absolute atomic E-state index is 0.379. The molecule has 6 heteroatoms. The highest BCUT2D eigenvalue weighted by Gasteiger charge is 2.02. The van der Waals surface area contributed by atoms with Gasteiger partial charge in [-0.1, -0.05) is 0 Å². The zero-order valence-electron chi connectivity index (χ0n) is 8.46. The van der Waals surface area contributed by atoms with E-state index in [0.717, 1.165) is 11.0 Å². The lowest BCUT2D eigenvalue weighted by atomic mass is 10.4. The fourth-order valence-corrected chi connectivity index (χ4v) is 1.21. The topological polar surface area (TPSA) is 62.1 Å². The molecule has 0 fully saturated rings. The highest BCUT2D eigenvalue weighted by atomic mass is 16.5. The average Bonchev–Trinajstić information content (AvgIpc) is 2.68. The molecule has 2 aromatic rings. The number of hydrogen-bond acceptors (Lipinski definition) is 5. The molecule has 0 radical (unpaired) electrons. The quantitative estimate of drug-likeness (QED) is 0.667. The molecule has 0 bridgehead atoms. The van der Waals surface area contributed by atoms with Crippen LogP contribution in [0.2, 0.25) is 0 Å². The van der Waals surface area contributed by atoms with Gasteiger partial charge in [-0.15, -0.1) is 0 Å². The van der Waals surface area contributed by atoms with Crippen LogP contribution in [0, 0.1) is 0 Å². The highest BCUT2D eigenvalue weighted by Crippen LogP contribution is 2.07. The standard InChI is InChI=1S/C9H12N4O2/c1-14-2-3-15-7-13-9-8(5-12-13)4-10-6-11-9/h4-6H,2-3,7H2,1H3. The monoisotopic (exact) mass is 208 g/mol. The van der Waals surface area contributed by atoms with Crippen LogP contribution in [-0.2, 0) is 16.2 Å². The fourth-order valence-electron chi connectivity index (χ4n) is 1.21. The van der Waals surface area contributed by atoms with E-state index in [9.17, 15) is 0 Å². The third-order valence-electron chi connectivity index (χ3n) is 1.94. The Bertz CT molecular complexity index is 429. The van der Waals surface area contributed by atoms with E-state index < -0.39 is 0 Å². The number of rotatable bonds is 5. The van der Waals surface area contributed by atoms with E-state index in [1.165, 1.54) is 6.33 Å². The van der Waals surface area contributed by atoms with Crippen molar-refractivity contribution in [2.24, 2.45) is 0 Å². The fraction of sp³-hybridized carbons (Fsp3) is 0.444. The summed E-state index contributed by atoms with van der Waals surface area (Å²) in [4.78, 5) is 8.03. The molecule has 0 saturated heterocycles. The van der Waals surface area contributed by atoms with Crippen LogP contribution in [0.25, 0.3) is 11.0 Å². The Balaban J connectivity index is 2.02. The zero-order chi connectivity index (χ0) is 10.5. The van der Waals surface area contributed by atoms with E-state index in [0.29, 0.717) is 19.9 Å². The van der Waals surface area contributed by atoms with Crippen LogP contribution in [-0.4, -0.2) is 40.1 Å². The Morgan fingerprint density at radius 1 is 1.33 bits per heavy atom. The van der Waals surface area contributed by atoms with Crippen LogP contribution in [0.1, 0.15) is 0 Å². The lowest BCUT2D eigenvalue weighted by Crippen LogP contribution is -2.08. The van der Waals surface area contributed by atoms with Gasteiger partial charge >= 0.3 is 0 Å². The lowest BCUT2D eigenvalue weighted by Gasteiger charge is -2.03. The molecule has 2 heterocycles. The first kappa shape index (κ1) is 10.0. The molecule has 15 heavy (non-hydrogen) atoms. The molecule has 2 aromatic heterocycles. The van der Waals surface area contributed by atoms with Crippen molar-refractivity contribution in [2.75, 3.05) is 20.3 Å². The number of fused-ring (bicyclic) bond motifs is 1. The Hall–Kier alpha value is -1.53. The van der Waals surface area contributed by atoms with E-state index >= 15 is 0 Å². The first-order valence-electron chi connectivity index (χ1n) is 4.60. The van der Waals surface area contributed by atoms with Crippen molar-refractivity contribution >= 4 is 11.0 Å². The van der Waals surface area contributed by atoms with Crippen molar-refractivity contribution in [3.63, 3.8) is 0 Å². The van der Waals surface area contributed by atoms with Crippen molar-refractivity contribution in [3.8, 4) is 0 Å². The van der Waals surface area contributed by atoms with Gasteiger partial charge in [-0.2, -0.15) is 5.10 Å². The van der Waals surface area contributed by atoms with Gasteiger partial charge in [-0.05, 0) is 0 Å². The molecular formula is C9H12N4O2. The van der Waals surface area contributed by atoms with E-state index in [4.69, 9.17) is 9.47 Å². The molecule has 0 spiro atoms. The SMILES string of the molecule is COCCOCn1ncc2cncnc21. The van der Waals surface area contributed by atoms with Crippen LogP contribution in [0.3, 0.4) is 0 Å². The van der Waals surface area contributed by atoms with E-state index in [-0.39, 0.29) is 0 Å². The average molecular weight is 208 g/mol. The third-order valence-corrected chi connectivity index (χ3v) is 1.94. The number of hydrogen-bond donors (Lipinski definition) is 0. The Morgan fingerprint density at radius 3 is 3.13 bits per heavy atom. The first-order chi connectivity index (χ1) is 7.42. The Labute approximate surface area is 86.8 Å². The molecule has 0 aliphatic rings. The maximum absolute atomic E-state index is 5.34. The van der Waals surface area contributed by atoms with Gasteiger partial charge in [0.05, 0.1) is 24.8 Å². The predicted octanol–water partition coefficient (Wildman–Crippen LogP) is 0.447. The molecule has 0 aromatic carbocycles. The number of aromatic nitrogens is 4. The summed E-state index contributed by atoms with van der Waals surface area (Å²) in [5.74, 6) is 0. The number of ether oxygens (including phenoxy) is 2. The molecular weight excluding hydrogens is 196 g/mol. The molecule has 0 atom stereocenters. The van der Waals surface area contributed by atoms with Crippen molar-refractivity contribution in [3.05, 3.63) is 18.7 Å². The first-order valence-corrected chi connectivity index (χ1v) is 4.60. The minimum atomic E-state index is 0.379. The second-order valence-electron chi connectivity index (χ2n) is 2.98. The van der Waals surface area contributed by atoms with Gasteiger partial charge in [0.15, 0.2) is 5.65 Å². The lowest BCUT2D eigenvalue weighted by molar-refractivity contribution is 0.0306. The van der Waals surface area contributed by atoms with Crippen molar-refractivity contribution in [1.82, 2.24) is 19.7 Å². The predicted molar refractivity (Wildman–Crippen MR) is 53.2 cm³/mol. The highest BCUT2D eigenvalue weighted by molar-refractivity contribution is 5.72. The third kappa shape index (κ3) is 2.28. The van der Waals surface area contributed by atoms with Crippen LogP contribution >= 0.6 is 0 Å². The summed E-state index contributed by atoms with van der Waals surface area (Å²) in [6, 6.07) is 0. The summed E-state index contributed by atoms with van der Waals surface area (Å²) in [5, 5.41) is 5.05. The summed E-state index contributed by atoms with van der Waals surface area (Å²) in [5.41, 5.74) is 0.780. The molecule has 0 unspecified atom stereocenters. The van der Waals surface area contributed by atoms with Gasteiger partial charge in [0.25, 0.3) is 0 Å². The molecule has 0 aliphatic carbocycles. The summed E-state index contributed by atoms with van der Waals surface area (Å²) in [6.07, 6.45) is 4.94. The maximum atomic E-state index is 5.34. The van der Waals surface area contributed by atoms with Gasteiger partial charge < -0.3 is 9.47 Å². The molecule has 6 nitrogen and oxygen atoms in total. The normalized spacial score (nSPS) is 11.0. The molecule has 0 aliphatic heterocycles. The van der Waals surface area contributed by atoms with Gasteiger partial charge in [-0.3, -0.25) is 0 Å². The number of methoxy groups -OCH3 is 1. The van der Waals surface area contributed by atoms with E-state index in [1.54, 1.807) is 24.2 Å². The van der Waals surface area contributed by atoms with Gasteiger partial charge in [-0.25, -0.2) is 14.6 Å². The van der Waals surface area contributed by atoms with Crippen molar-refractivity contribution in [2.45, 2.75) is 6.73 Å². The van der Waals surface area contributed by atoms with Gasteiger partial charge in [0.1, 0.15) is 13.1 Å². The molecule has 80 valence electrons. The molecule has 0 N–H and O–H groups in total. The Kier molecular flexibility index (Phi) is 3.21. The summed E-state index contributed by atoms with van der Waals surface area (Å²) >= 11 is 0. The zero-order valence-corrected chi connectivity index (χ0v) is 8.46. The maximum Gasteiger partial charge on any atom is 0.163 e. The summed E-state index contributed by atoms with van der Waals surface area (Å²) < 4.78 is 11.9. The van der Waals surface area contributed by atoms with Crippen molar-refractivity contribution in [1.29, 1.82) is 0 Å². The molecule has 2 rings (SSSR count).